The fourth-order valence-corrected chi connectivity index (χ4v) is 2.73. The molecule has 0 bridgehead atoms. The number of benzene rings is 2. The number of rotatable bonds is 5. The lowest BCUT2D eigenvalue weighted by Crippen LogP contribution is -2.15. The molecule has 0 saturated carbocycles. The summed E-state index contributed by atoms with van der Waals surface area (Å²) in [6.45, 7) is 0.291. The molecule has 4 aromatic rings. The number of fused-ring (bicyclic) bond motifs is 2. The summed E-state index contributed by atoms with van der Waals surface area (Å²) in [4.78, 5) is 28.1. The minimum Gasteiger partial charge on any atom is -0.456 e. The SMILES string of the molecule is O=C(CCn1ncc(=O)c2ccccc21)OCc1nc2ccccc2o1. The van der Waals surface area contributed by atoms with Crippen LogP contribution in [0.25, 0.3) is 22.0 Å². The van der Waals surface area contributed by atoms with Crippen LogP contribution < -0.4 is 5.43 Å². The Labute approximate surface area is 147 Å². The van der Waals surface area contributed by atoms with E-state index in [1.807, 2.05) is 24.3 Å². The molecular formula is C19H15N3O4. The highest BCUT2D eigenvalue weighted by Crippen LogP contribution is 2.15. The van der Waals surface area contributed by atoms with Gasteiger partial charge in [0.1, 0.15) is 5.52 Å². The largest absolute Gasteiger partial charge is 0.456 e. The van der Waals surface area contributed by atoms with Gasteiger partial charge in [0, 0.05) is 5.39 Å². The van der Waals surface area contributed by atoms with Crippen LogP contribution in [0.3, 0.4) is 0 Å². The molecule has 2 aromatic carbocycles. The molecule has 0 saturated heterocycles. The number of oxazole rings is 1. The van der Waals surface area contributed by atoms with Crippen molar-refractivity contribution in [2.24, 2.45) is 0 Å². The molecule has 0 aliphatic carbocycles. The number of hydrogen-bond acceptors (Lipinski definition) is 6. The lowest BCUT2D eigenvalue weighted by Gasteiger charge is -2.08. The predicted octanol–water partition coefficient (Wildman–Crippen LogP) is 2.67. The molecule has 2 aromatic heterocycles. The number of nitrogens with zero attached hydrogens (tertiary/aromatic N) is 3. The first-order chi connectivity index (χ1) is 12.7. The Bertz CT molecular complexity index is 1110. The van der Waals surface area contributed by atoms with E-state index < -0.39 is 5.97 Å². The topological polar surface area (TPSA) is 87.2 Å². The third-order valence-electron chi connectivity index (χ3n) is 3.98. The summed E-state index contributed by atoms with van der Waals surface area (Å²) < 4.78 is 12.4. The summed E-state index contributed by atoms with van der Waals surface area (Å²) in [5, 5.41) is 4.66. The summed E-state index contributed by atoms with van der Waals surface area (Å²) in [6, 6.07) is 14.5. The van der Waals surface area contributed by atoms with Gasteiger partial charge in [-0.3, -0.25) is 14.3 Å². The molecule has 0 N–H and O–H groups in total. The Morgan fingerprint density at radius 2 is 1.92 bits per heavy atom. The normalized spacial score (nSPS) is 11.1. The molecule has 0 unspecified atom stereocenters. The van der Waals surface area contributed by atoms with Gasteiger partial charge < -0.3 is 9.15 Å². The van der Waals surface area contributed by atoms with Crippen LogP contribution in [0.2, 0.25) is 0 Å². The van der Waals surface area contributed by atoms with Crippen LogP contribution >= 0.6 is 0 Å². The Morgan fingerprint density at radius 3 is 2.81 bits per heavy atom. The van der Waals surface area contributed by atoms with E-state index in [4.69, 9.17) is 9.15 Å². The number of hydrogen-bond donors (Lipinski definition) is 0. The summed E-state index contributed by atoms with van der Waals surface area (Å²) in [6.07, 6.45) is 1.38. The first-order valence-corrected chi connectivity index (χ1v) is 8.16. The number of aromatic nitrogens is 3. The van der Waals surface area contributed by atoms with Gasteiger partial charge in [0.25, 0.3) is 0 Å². The van der Waals surface area contributed by atoms with E-state index in [2.05, 4.69) is 10.1 Å². The van der Waals surface area contributed by atoms with Gasteiger partial charge in [-0.2, -0.15) is 5.10 Å². The van der Waals surface area contributed by atoms with Crippen molar-refractivity contribution in [3.63, 3.8) is 0 Å². The summed E-state index contributed by atoms with van der Waals surface area (Å²) in [5.41, 5.74) is 1.92. The molecule has 0 fully saturated rings. The molecule has 4 rings (SSSR count). The maximum absolute atomic E-state index is 12.0. The van der Waals surface area contributed by atoms with Crippen molar-refractivity contribution in [2.45, 2.75) is 19.6 Å². The Balaban J connectivity index is 1.40. The Kier molecular flexibility index (Phi) is 4.18. The molecule has 130 valence electrons. The number of carbonyl (C=O) groups excluding carboxylic acids is 1. The minimum absolute atomic E-state index is 0.0220. The molecule has 0 aliphatic heterocycles. The van der Waals surface area contributed by atoms with Crippen LogP contribution in [-0.2, 0) is 22.7 Å². The standard InChI is InChI=1S/C19H15N3O4/c23-16-11-20-22(15-7-3-1-5-13(15)16)10-9-19(24)25-12-18-21-14-6-2-4-8-17(14)26-18/h1-8,11H,9-10,12H2. The fourth-order valence-electron chi connectivity index (χ4n) is 2.73. The van der Waals surface area contributed by atoms with Gasteiger partial charge in [0.2, 0.25) is 11.3 Å². The third kappa shape index (κ3) is 3.19. The van der Waals surface area contributed by atoms with Crippen molar-refractivity contribution in [1.82, 2.24) is 14.8 Å². The smallest absolute Gasteiger partial charge is 0.308 e. The van der Waals surface area contributed by atoms with Crippen molar-refractivity contribution in [2.75, 3.05) is 0 Å². The van der Waals surface area contributed by atoms with Crippen molar-refractivity contribution in [3.05, 3.63) is 70.8 Å². The van der Waals surface area contributed by atoms with E-state index in [1.165, 1.54) is 6.20 Å². The van der Waals surface area contributed by atoms with Crippen molar-refractivity contribution in [1.29, 1.82) is 0 Å². The van der Waals surface area contributed by atoms with E-state index >= 15 is 0 Å². The van der Waals surface area contributed by atoms with Gasteiger partial charge in [0.15, 0.2) is 12.2 Å². The van der Waals surface area contributed by atoms with E-state index in [-0.39, 0.29) is 18.5 Å². The van der Waals surface area contributed by atoms with Crippen LogP contribution in [0.1, 0.15) is 12.3 Å². The molecule has 2 heterocycles. The molecular weight excluding hydrogens is 334 g/mol. The van der Waals surface area contributed by atoms with Crippen molar-refractivity contribution in [3.8, 4) is 0 Å². The Hall–Kier alpha value is -3.48. The summed E-state index contributed by atoms with van der Waals surface area (Å²) in [7, 11) is 0. The average Bonchev–Trinajstić information content (AvgIpc) is 3.09. The number of esters is 1. The lowest BCUT2D eigenvalue weighted by molar-refractivity contribution is -0.145. The van der Waals surface area contributed by atoms with Gasteiger partial charge in [-0.05, 0) is 24.3 Å². The van der Waals surface area contributed by atoms with E-state index in [9.17, 15) is 9.59 Å². The zero-order chi connectivity index (χ0) is 17.9. The van der Waals surface area contributed by atoms with Crippen LogP contribution in [0.4, 0.5) is 0 Å². The lowest BCUT2D eigenvalue weighted by atomic mass is 10.2. The van der Waals surface area contributed by atoms with Crippen LogP contribution in [0, 0.1) is 0 Å². The van der Waals surface area contributed by atoms with Gasteiger partial charge in [-0.25, -0.2) is 4.98 Å². The quantitative estimate of drug-likeness (QED) is 0.515. The number of aryl methyl sites for hydroxylation is 1. The van der Waals surface area contributed by atoms with Gasteiger partial charge in [-0.15, -0.1) is 0 Å². The molecule has 0 aliphatic rings. The van der Waals surface area contributed by atoms with Gasteiger partial charge >= 0.3 is 5.97 Å². The highest BCUT2D eigenvalue weighted by molar-refractivity contribution is 5.78. The first-order valence-electron chi connectivity index (χ1n) is 8.16. The summed E-state index contributed by atoms with van der Waals surface area (Å²) in [5.74, 6) is -0.0386. The van der Waals surface area contributed by atoms with Crippen LogP contribution in [-0.4, -0.2) is 20.7 Å². The second kappa shape index (κ2) is 6.79. The van der Waals surface area contributed by atoms with Gasteiger partial charge in [0.05, 0.1) is 24.7 Å². The molecule has 7 heteroatoms. The van der Waals surface area contributed by atoms with Crippen molar-refractivity contribution >= 4 is 28.0 Å². The minimum atomic E-state index is -0.392. The zero-order valence-corrected chi connectivity index (χ0v) is 13.8. The van der Waals surface area contributed by atoms with Gasteiger partial charge in [-0.1, -0.05) is 24.3 Å². The summed E-state index contributed by atoms with van der Waals surface area (Å²) >= 11 is 0. The van der Waals surface area contributed by atoms with Crippen molar-refractivity contribution < 1.29 is 13.9 Å². The number of ether oxygens (including phenoxy) is 1. The maximum Gasteiger partial charge on any atom is 0.308 e. The molecule has 26 heavy (non-hydrogen) atoms. The van der Waals surface area contributed by atoms with E-state index in [0.29, 0.717) is 28.9 Å². The van der Waals surface area contributed by atoms with Crippen LogP contribution in [0.5, 0.6) is 0 Å². The maximum atomic E-state index is 12.0. The Morgan fingerprint density at radius 1 is 1.12 bits per heavy atom. The monoisotopic (exact) mass is 349 g/mol. The second-order valence-electron chi connectivity index (χ2n) is 5.74. The molecule has 7 nitrogen and oxygen atoms in total. The number of carbonyl (C=O) groups is 1. The van der Waals surface area contributed by atoms with E-state index in [0.717, 1.165) is 5.52 Å². The molecule has 0 radical (unpaired) electrons. The average molecular weight is 349 g/mol. The predicted molar refractivity (Wildman–Crippen MR) is 94.4 cm³/mol. The fraction of sp³-hybridized carbons (Fsp3) is 0.158. The van der Waals surface area contributed by atoms with Crippen LogP contribution in [0.15, 0.2) is 63.9 Å². The molecule has 0 atom stereocenters. The zero-order valence-electron chi connectivity index (χ0n) is 13.8. The second-order valence-corrected chi connectivity index (χ2v) is 5.74. The molecule has 0 spiro atoms. The highest BCUT2D eigenvalue weighted by Gasteiger charge is 2.10. The number of para-hydroxylation sites is 3. The first kappa shape index (κ1) is 16.0. The highest BCUT2D eigenvalue weighted by atomic mass is 16.5. The van der Waals surface area contributed by atoms with E-state index in [1.54, 1.807) is 28.9 Å². The third-order valence-corrected chi connectivity index (χ3v) is 3.98. The molecule has 0 amide bonds.